The molecule has 0 saturated heterocycles. The van der Waals surface area contributed by atoms with Crippen molar-refractivity contribution in [3.8, 4) is 5.75 Å². The summed E-state index contributed by atoms with van der Waals surface area (Å²) in [5.74, 6) is 0.817. The van der Waals surface area contributed by atoms with Gasteiger partial charge in [0.05, 0.1) is 39.4 Å². The first-order valence-corrected chi connectivity index (χ1v) is 14.1. The highest BCUT2D eigenvalue weighted by Crippen LogP contribution is 2.29. The summed E-state index contributed by atoms with van der Waals surface area (Å²) >= 11 is 12.8. The maximum Gasteiger partial charge on any atom is 0.272 e. The van der Waals surface area contributed by atoms with Crippen LogP contribution in [0.4, 0.5) is 11.6 Å². The van der Waals surface area contributed by atoms with Crippen LogP contribution in [0.1, 0.15) is 41.6 Å². The van der Waals surface area contributed by atoms with Gasteiger partial charge in [0.15, 0.2) is 0 Å². The predicted molar refractivity (Wildman–Crippen MR) is 158 cm³/mol. The highest BCUT2D eigenvalue weighted by molar-refractivity contribution is 6.42. The maximum absolute atomic E-state index is 12.9. The zero-order chi connectivity index (χ0) is 28.5. The SMILES string of the molecule is CN(C(=O)c1ccc(Cn2c(=Nc3ccc(OC4CCCC4)cc3)n(C)c3cc(Cl)c(Cl)cc32)cc1)c1nn[nH]n1. The Morgan fingerprint density at radius 3 is 2.39 bits per heavy atom. The van der Waals surface area contributed by atoms with E-state index in [0.717, 1.165) is 46.5 Å². The number of benzene rings is 3. The first kappa shape index (κ1) is 27.0. The Morgan fingerprint density at radius 1 is 1.05 bits per heavy atom. The number of amides is 1. The summed E-state index contributed by atoms with van der Waals surface area (Å²) in [6, 6.07) is 19.0. The lowest BCUT2D eigenvalue weighted by Gasteiger charge is -2.13. The summed E-state index contributed by atoms with van der Waals surface area (Å²) in [5, 5.41) is 14.5. The molecule has 10 nitrogen and oxygen atoms in total. The van der Waals surface area contributed by atoms with Gasteiger partial charge in [0.1, 0.15) is 5.75 Å². The van der Waals surface area contributed by atoms with Crippen molar-refractivity contribution < 1.29 is 9.53 Å². The number of aromatic amines is 1. The van der Waals surface area contributed by atoms with Crippen LogP contribution < -0.4 is 15.3 Å². The maximum atomic E-state index is 12.9. The fraction of sp³-hybridized carbons (Fsp3) is 0.276. The molecule has 3 aromatic carbocycles. The van der Waals surface area contributed by atoms with Crippen LogP contribution in [0, 0.1) is 0 Å². The Kier molecular flexibility index (Phi) is 7.51. The molecule has 12 heteroatoms. The quantitative estimate of drug-likeness (QED) is 0.262. The van der Waals surface area contributed by atoms with Crippen LogP contribution in [0.5, 0.6) is 5.75 Å². The van der Waals surface area contributed by atoms with Crippen molar-refractivity contribution in [3.05, 3.63) is 87.5 Å². The minimum atomic E-state index is -0.242. The highest BCUT2D eigenvalue weighted by atomic mass is 35.5. The molecular formula is C29H28Cl2N8O2. The Bertz CT molecular complexity index is 1750. The van der Waals surface area contributed by atoms with Gasteiger partial charge in [-0.2, -0.15) is 5.21 Å². The van der Waals surface area contributed by atoms with E-state index >= 15 is 0 Å². The van der Waals surface area contributed by atoms with Gasteiger partial charge in [0, 0.05) is 19.7 Å². The van der Waals surface area contributed by atoms with Crippen LogP contribution in [0.3, 0.4) is 0 Å². The number of anilines is 1. The first-order valence-electron chi connectivity index (χ1n) is 13.3. The second-order valence-electron chi connectivity index (χ2n) is 10.1. The molecule has 5 aromatic rings. The number of rotatable bonds is 7. The number of H-pyrrole nitrogens is 1. The number of hydrogen-bond acceptors (Lipinski definition) is 6. The molecular weight excluding hydrogens is 563 g/mol. The van der Waals surface area contributed by atoms with E-state index in [1.54, 1.807) is 19.2 Å². The fourth-order valence-electron chi connectivity index (χ4n) is 5.13. The molecule has 0 bridgehead atoms. The second-order valence-corrected chi connectivity index (χ2v) is 10.9. The number of nitrogens with zero attached hydrogens (tertiary/aromatic N) is 7. The largest absolute Gasteiger partial charge is 0.490 e. The molecule has 41 heavy (non-hydrogen) atoms. The van der Waals surface area contributed by atoms with Gasteiger partial charge in [-0.1, -0.05) is 40.4 Å². The molecule has 1 saturated carbocycles. The summed E-state index contributed by atoms with van der Waals surface area (Å²) in [4.78, 5) is 19.2. The standard InChI is InChI=1S/C29H28Cl2N8O2/c1-37-25-15-23(30)24(31)16-26(25)39(29(37)32-20-11-13-22(14-12-20)41-21-5-3-4-6-21)17-18-7-9-19(10-8-18)27(40)38(2)28-33-35-36-34-28/h7-16,21H,3-6,17H2,1-2H3,(H,33,34,35,36). The Hall–Kier alpha value is -4.15. The average Bonchev–Trinajstić information content (AvgIpc) is 3.75. The number of imidazole rings is 1. The van der Waals surface area contributed by atoms with Crippen molar-refractivity contribution >= 4 is 51.8 Å². The summed E-state index contributed by atoms with van der Waals surface area (Å²) in [6.07, 6.45) is 4.97. The topological polar surface area (TPSA) is 106 Å². The third-order valence-electron chi connectivity index (χ3n) is 7.36. The number of carbonyl (C=O) groups is 1. The van der Waals surface area contributed by atoms with Gasteiger partial charge < -0.3 is 13.9 Å². The lowest BCUT2D eigenvalue weighted by atomic mass is 10.1. The molecule has 0 unspecified atom stereocenters. The van der Waals surface area contributed by atoms with Crippen LogP contribution in [0.15, 0.2) is 65.7 Å². The van der Waals surface area contributed by atoms with Gasteiger partial charge in [-0.3, -0.25) is 9.69 Å². The van der Waals surface area contributed by atoms with Crippen LogP contribution in [0.2, 0.25) is 10.0 Å². The number of fused-ring (bicyclic) bond motifs is 1. The van der Waals surface area contributed by atoms with Gasteiger partial charge in [0.25, 0.3) is 11.9 Å². The monoisotopic (exact) mass is 590 g/mol. The van der Waals surface area contributed by atoms with Crippen molar-refractivity contribution in [1.29, 1.82) is 0 Å². The minimum Gasteiger partial charge on any atom is -0.490 e. The number of nitrogens with one attached hydrogen (secondary N) is 1. The second kappa shape index (κ2) is 11.4. The Morgan fingerprint density at radius 2 is 1.73 bits per heavy atom. The van der Waals surface area contributed by atoms with Crippen LogP contribution in [-0.2, 0) is 13.6 Å². The molecule has 0 atom stereocenters. The molecule has 2 heterocycles. The zero-order valence-corrected chi connectivity index (χ0v) is 24.1. The van der Waals surface area contributed by atoms with Crippen molar-refractivity contribution in [2.45, 2.75) is 38.3 Å². The molecule has 0 radical (unpaired) electrons. The minimum absolute atomic E-state index is 0.199. The van der Waals surface area contributed by atoms with Gasteiger partial charge in [-0.25, -0.2) is 4.99 Å². The van der Waals surface area contributed by atoms with Crippen LogP contribution >= 0.6 is 23.2 Å². The molecule has 1 fully saturated rings. The highest BCUT2D eigenvalue weighted by Gasteiger charge is 2.18. The van der Waals surface area contributed by atoms with Crippen molar-refractivity contribution in [2.24, 2.45) is 12.0 Å². The third kappa shape index (κ3) is 5.57. The normalized spacial score (nSPS) is 14.2. The fourth-order valence-corrected chi connectivity index (χ4v) is 5.45. The lowest BCUT2D eigenvalue weighted by molar-refractivity contribution is 0.0991. The molecule has 210 valence electrons. The molecule has 1 aliphatic rings. The predicted octanol–water partition coefficient (Wildman–Crippen LogP) is 5.68. The van der Waals surface area contributed by atoms with E-state index in [0.29, 0.717) is 28.3 Å². The summed E-state index contributed by atoms with van der Waals surface area (Å²) in [5.41, 5.74) is 4.78. The zero-order valence-electron chi connectivity index (χ0n) is 22.6. The number of aromatic nitrogens is 6. The van der Waals surface area contributed by atoms with E-state index in [-0.39, 0.29) is 11.9 Å². The van der Waals surface area contributed by atoms with E-state index in [2.05, 4.69) is 25.2 Å². The van der Waals surface area contributed by atoms with Gasteiger partial charge in [0.2, 0.25) is 5.62 Å². The van der Waals surface area contributed by atoms with Gasteiger partial charge in [-0.15, -0.1) is 5.10 Å². The molecule has 0 aliphatic heterocycles. The van der Waals surface area contributed by atoms with E-state index in [1.807, 2.05) is 60.1 Å². The number of halogens is 2. The number of carbonyl (C=O) groups excluding carboxylic acids is 1. The van der Waals surface area contributed by atoms with E-state index in [9.17, 15) is 4.79 Å². The Labute approximate surface area is 246 Å². The van der Waals surface area contributed by atoms with Crippen molar-refractivity contribution in [2.75, 3.05) is 11.9 Å². The van der Waals surface area contributed by atoms with Crippen LogP contribution in [0.25, 0.3) is 11.0 Å². The van der Waals surface area contributed by atoms with E-state index in [1.165, 1.54) is 17.7 Å². The van der Waals surface area contributed by atoms with Crippen molar-refractivity contribution in [1.82, 2.24) is 29.8 Å². The van der Waals surface area contributed by atoms with Crippen LogP contribution in [-0.4, -0.2) is 48.8 Å². The first-order chi connectivity index (χ1) is 19.9. The van der Waals surface area contributed by atoms with Gasteiger partial charge in [-0.05, 0) is 85.0 Å². The molecule has 1 amide bonds. The smallest absolute Gasteiger partial charge is 0.272 e. The summed E-state index contributed by atoms with van der Waals surface area (Å²) in [6.45, 7) is 0.492. The van der Waals surface area contributed by atoms with Crippen molar-refractivity contribution in [3.63, 3.8) is 0 Å². The van der Waals surface area contributed by atoms with Gasteiger partial charge >= 0.3 is 0 Å². The molecule has 1 aliphatic carbocycles. The Balaban J connectivity index is 1.33. The average molecular weight is 592 g/mol. The number of tetrazole rings is 1. The number of ether oxygens (including phenoxy) is 1. The number of hydrogen-bond donors (Lipinski definition) is 1. The number of aryl methyl sites for hydroxylation is 1. The molecule has 2 aromatic heterocycles. The molecule has 1 N–H and O–H groups in total. The van der Waals surface area contributed by atoms with E-state index < -0.39 is 0 Å². The summed E-state index contributed by atoms with van der Waals surface area (Å²) < 4.78 is 10.2. The molecule has 0 spiro atoms. The lowest BCUT2D eigenvalue weighted by Crippen LogP contribution is -2.27. The summed E-state index contributed by atoms with van der Waals surface area (Å²) in [7, 11) is 3.55. The molecule has 6 rings (SSSR count). The van der Waals surface area contributed by atoms with E-state index in [4.69, 9.17) is 32.9 Å². The third-order valence-corrected chi connectivity index (χ3v) is 8.08.